The third-order valence-electron chi connectivity index (χ3n) is 2.67. The van der Waals surface area contributed by atoms with Crippen molar-refractivity contribution in [1.29, 1.82) is 0 Å². The van der Waals surface area contributed by atoms with Crippen molar-refractivity contribution in [1.82, 2.24) is 0 Å². The largest absolute Gasteiger partial charge is 0.490 e. The molecule has 1 aromatic carbocycles. The van der Waals surface area contributed by atoms with Gasteiger partial charge in [-0.15, -0.1) is 0 Å². The molecule has 0 spiro atoms. The van der Waals surface area contributed by atoms with E-state index in [0.717, 1.165) is 17.7 Å². The molecule has 1 aromatic rings. The summed E-state index contributed by atoms with van der Waals surface area (Å²) >= 11 is 0. The van der Waals surface area contributed by atoms with Crippen LogP contribution in [0.1, 0.15) is 24.1 Å². The van der Waals surface area contributed by atoms with Gasteiger partial charge in [0.15, 0.2) is 0 Å². The molecule has 0 aliphatic carbocycles. The van der Waals surface area contributed by atoms with Crippen molar-refractivity contribution in [2.75, 3.05) is 6.61 Å². The summed E-state index contributed by atoms with van der Waals surface area (Å²) in [5, 5.41) is 9.54. The molecule has 76 valence electrons. The predicted molar refractivity (Wildman–Crippen MR) is 54.3 cm³/mol. The summed E-state index contributed by atoms with van der Waals surface area (Å²) in [5.74, 6) is 0.806. The lowest BCUT2D eigenvalue weighted by molar-refractivity contribution is 0.0678. The van der Waals surface area contributed by atoms with Crippen molar-refractivity contribution in [3.05, 3.63) is 29.3 Å². The van der Waals surface area contributed by atoms with Gasteiger partial charge in [-0.2, -0.15) is 0 Å². The third kappa shape index (κ3) is 1.49. The fourth-order valence-electron chi connectivity index (χ4n) is 1.70. The fraction of sp³-hybridized carbons (Fsp3) is 0.455. The van der Waals surface area contributed by atoms with Crippen LogP contribution in [0.15, 0.2) is 18.2 Å². The summed E-state index contributed by atoms with van der Waals surface area (Å²) in [4.78, 5) is 0. The number of aliphatic hydroxyl groups is 1. The summed E-state index contributed by atoms with van der Waals surface area (Å²) in [6.45, 7) is 2.38. The van der Waals surface area contributed by atoms with Crippen LogP contribution >= 0.6 is 0 Å². The molecule has 3 heteroatoms. The van der Waals surface area contributed by atoms with Gasteiger partial charge in [0.1, 0.15) is 18.5 Å². The van der Waals surface area contributed by atoms with Crippen LogP contribution in [0.5, 0.6) is 5.75 Å². The van der Waals surface area contributed by atoms with Gasteiger partial charge in [0.25, 0.3) is 0 Å². The first kappa shape index (κ1) is 9.49. The van der Waals surface area contributed by atoms with Crippen LogP contribution in [0.4, 0.5) is 0 Å². The molecule has 0 bridgehead atoms. The zero-order valence-corrected chi connectivity index (χ0v) is 8.23. The van der Waals surface area contributed by atoms with Gasteiger partial charge in [-0.3, -0.25) is 0 Å². The van der Waals surface area contributed by atoms with E-state index in [1.165, 1.54) is 5.56 Å². The second-order valence-corrected chi connectivity index (χ2v) is 3.63. The molecular formula is C11H15NO2. The Morgan fingerprint density at radius 1 is 1.57 bits per heavy atom. The van der Waals surface area contributed by atoms with Crippen LogP contribution in [0.25, 0.3) is 0 Å². The number of nitrogens with two attached hydrogens (primary N) is 1. The van der Waals surface area contributed by atoms with Gasteiger partial charge >= 0.3 is 0 Å². The molecule has 0 aromatic heterocycles. The topological polar surface area (TPSA) is 55.5 Å². The van der Waals surface area contributed by atoms with Crippen molar-refractivity contribution < 1.29 is 9.84 Å². The van der Waals surface area contributed by atoms with E-state index in [2.05, 4.69) is 6.92 Å². The van der Waals surface area contributed by atoms with E-state index in [1.807, 2.05) is 18.2 Å². The zero-order valence-electron chi connectivity index (χ0n) is 8.23. The lowest BCUT2D eigenvalue weighted by Gasteiger charge is -2.28. The lowest BCUT2D eigenvalue weighted by Crippen LogP contribution is -2.35. The van der Waals surface area contributed by atoms with E-state index >= 15 is 0 Å². The average Bonchev–Trinajstić information content (AvgIpc) is 2.23. The Morgan fingerprint density at radius 2 is 2.36 bits per heavy atom. The van der Waals surface area contributed by atoms with Crippen molar-refractivity contribution >= 4 is 0 Å². The Morgan fingerprint density at radius 3 is 3.07 bits per heavy atom. The first-order chi connectivity index (χ1) is 6.72. The Kier molecular flexibility index (Phi) is 2.44. The molecule has 1 aliphatic rings. The summed E-state index contributed by atoms with van der Waals surface area (Å²) in [6.07, 6.45) is 0.380. The van der Waals surface area contributed by atoms with E-state index < -0.39 is 6.10 Å². The number of hydrogen-bond acceptors (Lipinski definition) is 3. The maximum Gasteiger partial charge on any atom is 0.124 e. The Labute approximate surface area is 83.5 Å². The van der Waals surface area contributed by atoms with Crippen LogP contribution in [-0.4, -0.2) is 17.8 Å². The molecule has 2 rings (SSSR count). The quantitative estimate of drug-likeness (QED) is 0.699. The lowest BCUT2D eigenvalue weighted by atomic mass is 9.96. The molecule has 14 heavy (non-hydrogen) atoms. The molecule has 0 saturated heterocycles. The molecule has 0 unspecified atom stereocenters. The minimum Gasteiger partial charge on any atom is -0.490 e. The molecule has 3 N–H and O–H groups in total. The molecule has 0 radical (unpaired) electrons. The number of aryl methyl sites for hydroxylation is 1. The Balaban J connectivity index is 2.41. The predicted octanol–water partition coefficient (Wildman–Crippen LogP) is 1.00. The van der Waals surface area contributed by atoms with E-state index in [0.29, 0.717) is 6.61 Å². The molecule has 1 heterocycles. The average molecular weight is 193 g/mol. The molecule has 3 nitrogen and oxygen atoms in total. The molecule has 1 aliphatic heterocycles. The third-order valence-corrected chi connectivity index (χ3v) is 2.67. The first-order valence-electron chi connectivity index (χ1n) is 4.91. The highest BCUT2D eigenvalue weighted by atomic mass is 16.5. The molecule has 0 amide bonds. The van der Waals surface area contributed by atoms with E-state index in [1.54, 1.807) is 0 Å². The number of rotatable bonds is 1. The highest BCUT2D eigenvalue weighted by Gasteiger charge is 2.26. The van der Waals surface area contributed by atoms with Gasteiger partial charge in [0.2, 0.25) is 0 Å². The maximum atomic E-state index is 9.54. The smallest absolute Gasteiger partial charge is 0.124 e. The van der Waals surface area contributed by atoms with E-state index in [4.69, 9.17) is 10.5 Å². The van der Waals surface area contributed by atoms with Gasteiger partial charge in [-0.1, -0.05) is 19.1 Å². The number of ether oxygens (including phenoxy) is 1. The number of fused-ring (bicyclic) bond motifs is 1. The fourth-order valence-corrected chi connectivity index (χ4v) is 1.70. The van der Waals surface area contributed by atoms with Crippen LogP contribution in [0, 0.1) is 0 Å². The highest BCUT2D eigenvalue weighted by molar-refractivity contribution is 5.41. The van der Waals surface area contributed by atoms with Crippen molar-refractivity contribution in [3.63, 3.8) is 0 Å². The summed E-state index contributed by atoms with van der Waals surface area (Å²) in [6, 6.07) is 5.66. The van der Waals surface area contributed by atoms with Crippen molar-refractivity contribution in [3.8, 4) is 5.75 Å². The minimum absolute atomic E-state index is 0.291. The van der Waals surface area contributed by atoms with Gasteiger partial charge in [0.05, 0.1) is 6.04 Å². The summed E-state index contributed by atoms with van der Waals surface area (Å²) < 4.78 is 5.38. The first-order valence-corrected chi connectivity index (χ1v) is 4.91. The second kappa shape index (κ2) is 3.59. The van der Waals surface area contributed by atoms with Crippen molar-refractivity contribution in [2.45, 2.75) is 25.5 Å². The normalized spacial score (nSPS) is 25.4. The van der Waals surface area contributed by atoms with E-state index in [9.17, 15) is 5.11 Å². The minimum atomic E-state index is -0.588. The highest BCUT2D eigenvalue weighted by Crippen LogP contribution is 2.31. The van der Waals surface area contributed by atoms with Gasteiger partial charge in [0, 0.05) is 5.56 Å². The SMILES string of the molecule is CCc1ccc2c(c1)[C@@H](N)[C@@H](O)CO2. The summed E-state index contributed by atoms with van der Waals surface area (Å²) in [5.41, 5.74) is 8.02. The number of aliphatic hydroxyl groups excluding tert-OH is 1. The van der Waals surface area contributed by atoms with Crippen LogP contribution < -0.4 is 10.5 Å². The van der Waals surface area contributed by atoms with Crippen LogP contribution in [-0.2, 0) is 6.42 Å². The Hall–Kier alpha value is -1.06. The van der Waals surface area contributed by atoms with Crippen LogP contribution in [0.2, 0.25) is 0 Å². The monoisotopic (exact) mass is 193 g/mol. The Bertz CT molecular complexity index is 338. The maximum absolute atomic E-state index is 9.54. The van der Waals surface area contributed by atoms with E-state index in [-0.39, 0.29) is 6.04 Å². The standard InChI is InChI=1S/C11H15NO2/c1-2-7-3-4-10-8(5-7)11(12)9(13)6-14-10/h3-5,9,11,13H,2,6,12H2,1H3/t9-,11+/m0/s1. The molecule has 2 atom stereocenters. The number of benzene rings is 1. The summed E-state index contributed by atoms with van der Waals surface area (Å²) in [7, 11) is 0. The van der Waals surface area contributed by atoms with Crippen LogP contribution in [0.3, 0.4) is 0 Å². The molecule has 0 fully saturated rings. The molecule has 0 saturated carbocycles. The van der Waals surface area contributed by atoms with Crippen molar-refractivity contribution in [2.24, 2.45) is 5.73 Å². The number of hydrogen-bond donors (Lipinski definition) is 2. The second-order valence-electron chi connectivity index (χ2n) is 3.63. The van der Waals surface area contributed by atoms with Gasteiger partial charge in [-0.05, 0) is 18.1 Å². The zero-order chi connectivity index (χ0) is 10.1. The molecular weight excluding hydrogens is 178 g/mol. The van der Waals surface area contributed by atoms with Gasteiger partial charge in [-0.25, -0.2) is 0 Å². The van der Waals surface area contributed by atoms with Gasteiger partial charge < -0.3 is 15.6 Å².